The predicted molar refractivity (Wildman–Crippen MR) is 53.8 cm³/mol. The maximum atomic E-state index is 10.8. The first-order chi connectivity index (χ1) is 6.75. The number of nitrogens with one attached hydrogen (secondary N) is 1. The summed E-state index contributed by atoms with van der Waals surface area (Å²) in [5.74, 6) is 0.339. The van der Waals surface area contributed by atoms with E-state index in [1.165, 1.54) is 6.92 Å². The molecule has 1 amide bonds. The molecule has 0 aliphatic rings. The summed E-state index contributed by atoms with van der Waals surface area (Å²) < 4.78 is 0. The third-order valence-electron chi connectivity index (χ3n) is 1.80. The first kappa shape index (κ1) is 8.62. The van der Waals surface area contributed by atoms with Crippen LogP contribution >= 0.6 is 0 Å². The third kappa shape index (κ3) is 1.69. The van der Waals surface area contributed by atoms with Gasteiger partial charge in [-0.05, 0) is 12.1 Å². The Morgan fingerprint density at radius 2 is 2.07 bits per heavy atom. The molecule has 2 rings (SSSR count). The molecule has 2 aromatic rings. The number of hydrogen-bond donors (Lipinski definition) is 1. The van der Waals surface area contributed by atoms with Gasteiger partial charge in [-0.2, -0.15) is 0 Å². The van der Waals surface area contributed by atoms with Crippen molar-refractivity contribution in [1.82, 2.24) is 10.2 Å². The molecule has 70 valence electrons. The summed E-state index contributed by atoms with van der Waals surface area (Å²) in [5, 5.41) is 11.4. The Morgan fingerprint density at radius 3 is 2.86 bits per heavy atom. The van der Waals surface area contributed by atoms with E-state index < -0.39 is 0 Å². The van der Waals surface area contributed by atoms with Crippen LogP contribution in [0.3, 0.4) is 0 Å². The van der Waals surface area contributed by atoms with Gasteiger partial charge >= 0.3 is 0 Å². The fourth-order valence-electron chi connectivity index (χ4n) is 1.23. The Bertz CT molecular complexity index is 482. The highest BCUT2D eigenvalue weighted by Crippen LogP contribution is 2.13. The lowest BCUT2D eigenvalue weighted by Crippen LogP contribution is -2.07. The molecule has 0 saturated carbocycles. The zero-order valence-electron chi connectivity index (χ0n) is 7.69. The molecule has 0 unspecified atom stereocenters. The van der Waals surface area contributed by atoms with Gasteiger partial charge in [-0.15, -0.1) is 10.2 Å². The van der Waals surface area contributed by atoms with E-state index in [0.717, 1.165) is 10.9 Å². The van der Waals surface area contributed by atoms with Crippen LogP contribution in [-0.2, 0) is 4.79 Å². The Balaban J connectivity index is 2.46. The summed E-state index contributed by atoms with van der Waals surface area (Å²) in [4.78, 5) is 10.8. The molecule has 4 nitrogen and oxygen atoms in total. The number of carbonyl (C=O) groups is 1. The molecule has 0 radical (unpaired) electrons. The molecule has 0 aliphatic heterocycles. The van der Waals surface area contributed by atoms with Crippen molar-refractivity contribution in [2.24, 2.45) is 0 Å². The number of amides is 1. The van der Waals surface area contributed by atoms with Crippen LogP contribution in [0.4, 0.5) is 5.82 Å². The SMILES string of the molecule is CC(=O)Nc1cc2ccccc2nn1. The molecule has 1 aromatic heterocycles. The van der Waals surface area contributed by atoms with E-state index in [2.05, 4.69) is 15.5 Å². The Kier molecular flexibility index (Phi) is 2.10. The maximum Gasteiger partial charge on any atom is 0.222 e. The minimum absolute atomic E-state index is 0.144. The molecule has 0 saturated heterocycles. The molecule has 0 atom stereocenters. The van der Waals surface area contributed by atoms with Gasteiger partial charge < -0.3 is 5.32 Å². The van der Waals surface area contributed by atoms with Crippen molar-refractivity contribution < 1.29 is 4.79 Å². The summed E-state index contributed by atoms with van der Waals surface area (Å²) in [6, 6.07) is 9.41. The number of fused-ring (bicyclic) bond motifs is 1. The van der Waals surface area contributed by atoms with Crippen molar-refractivity contribution in [3.8, 4) is 0 Å². The van der Waals surface area contributed by atoms with Crippen molar-refractivity contribution >= 4 is 22.6 Å². The van der Waals surface area contributed by atoms with Gasteiger partial charge in [0.1, 0.15) is 0 Å². The van der Waals surface area contributed by atoms with Crippen LogP contribution in [-0.4, -0.2) is 16.1 Å². The number of hydrogen-bond acceptors (Lipinski definition) is 3. The van der Waals surface area contributed by atoms with E-state index in [1.54, 1.807) is 6.07 Å². The highest BCUT2D eigenvalue weighted by Gasteiger charge is 1.99. The van der Waals surface area contributed by atoms with Crippen molar-refractivity contribution in [3.05, 3.63) is 30.3 Å². The van der Waals surface area contributed by atoms with Crippen LogP contribution in [0.5, 0.6) is 0 Å². The van der Waals surface area contributed by atoms with Crippen molar-refractivity contribution in [3.63, 3.8) is 0 Å². The van der Waals surface area contributed by atoms with E-state index in [1.807, 2.05) is 24.3 Å². The van der Waals surface area contributed by atoms with E-state index in [4.69, 9.17) is 0 Å². The Hall–Kier alpha value is -1.97. The molecule has 0 aliphatic carbocycles. The summed E-state index contributed by atoms with van der Waals surface area (Å²) >= 11 is 0. The average molecular weight is 187 g/mol. The van der Waals surface area contributed by atoms with Crippen LogP contribution in [0, 0.1) is 0 Å². The van der Waals surface area contributed by atoms with Gasteiger partial charge in [0, 0.05) is 12.3 Å². The summed E-state index contributed by atoms with van der Waals surface area (Å²) in [7, 11) is 0. The fourth-order valence-corrected chi connectivity index (χ4v) is 1.23. The average Bonchev–Trinajstić information content (AvgIpc) is 2.17. The quantitative estimate of drug-likeness (QED) is 0.737. The Labute approximate surface area is 81.0 Å². The Morgan fingerprint density at radius 1 is 1.29 bits per heavy atom. The second kappa shape index (κ2) is 3.41. The molecular weight excluding hydrogens is 178 g/mol. The van der Waals surface area contributed by atoms with Crippen molar-refractivity contribution in [1.29, 1.82) is 0 Å². The first-order valence-electron chi connectivity index (χ1n) is 4.26. The molecule has 1 heterocycles. The lowest BCUT2D eigenvalue weighted by Gasteiger charge is -2.00. The van der Waals surface area contributed by atoms with Gasteiger partial charge in [0.25, 0.3) is 0 Å². The van der Waals surface area contributed by atoms with Crippen LogP contribution in [0.25, 0.3) is 10.9 Å². The number of anilines is 1. The van der Waals surface area contributed by atoms with E-state index >= 15 is 0 Å². The summed E-state index contributed by atoms with van der Waals surface area (Å²) in [6.45, 7) is 1.44. The molecule has 14 heavy (non-hydrogen) atoms. The van der Waals surface area contributed by atoms with Gasteiger partial charge in [-0.1, -0.05) is 18.2 Å². The third-order valence-corrected chi connectivity index (χ3v) is 1.80. The zero-order chi connectivity index (χ0) is 9.97. The molecule has 0 bridgehead atoms. The first-order valence-corrected chi connectivity index (χ1v) is 4.26. The molecule has 1 N–H and O–H groups in total. The predicted octanol–water partition coefficient (Wildman–Crippen LogP) is 1.59. The number of nitrogens with zero attached hydrogens (tertiary/aromatic N) is 2. The van der Waals surface area contributed by atoms with Gasteiger partial charge in [0.2, 0.25) is 5.91 Å². The lowest BCUT2D eigenvalue weighted by atomic mass is 10.2. The largest absolute Gasteiger partial charge is 0.309 e. The molecular formula is C10H9N3O. The molecule has 4 heteroatoms. The molecule has 0 spiro atoms. The van der Waals surface area contributed by atoms with E-state index in [9.17, 15) is 4.79 Å². The van der Waals surface area contributed by atoms with Gasteiger partial charge in [-0.25, -0.2) is 0 Å². The number of benzene rings is 1. The number of rotatable bonds is 1. The van der Waals surface area contributed by atoms with Gasteiger partial charge in [-0.3, -0.25) is 4.79 Å². The zero-order valence-corrected chi connectivity index (χ0v) is 7.69. The normalized spacial score (nSPS) is 10.1. The minimum atomic E-state index is -0.144. The highest BCUT2D eigenvalue weighted by atomic mass is 16.1. The monoisotopic (exact) mass is 187 g/mol. The van der Waals surface area contributed by atoms with Crippen LogP contribution in [0.15, 0.2) is 30.3 Å². The summed E-state index contributed by atoms with van der Waals surface area (Å²) in [5.41, 5.74) is 0.821. The van der Waals surface area contributed by atoms with E-state index in [0.29, 0.717) is 5.82 Å². The van der Waals surface area contributed by atoms with Crippen LogP contribution in [0.1, 0.15) is 6.92 Å². The fraction of sp³-hybridized carbons (Fsp3) is 0.100. The minimum Gasteiger partial charge on any atom is -0.309 e. The van der Waals surface area contributed by atoms with E-state index in [-0.39, 0.29) is 5.91 Å². The molecule has 0 fully saturated rings. The number of aromatic nitrogens is 2. The number of carbonyl (C=O) groups excluding carboxylic acids is 1. The highest BCUT2D eigenvalue weighted by molar-refractivity contribution is 5.90. The topological polar surface area (TPSA) is 54.9 Å². The van der Waals surface area contributed by atoms with Crippen LogP contribution in [0.2, 0.25) is 0 Å². The van der Waals surface area contributed by atoms with Crippen LogP contribution < -0.4 is 5.32 Å². The smallest absolute Gasteiger partial charge is 0.222 e. The lowest BCUT2D eigenvalue weighted by molar-refractivity contribution is -0.114. The van der Waals surface area contributed by atoms with Crippen molar-refractivity contribution in [2.75, 3.05) is 5.32 Å². The van der Waals surface area contributed by atoms with Gasteiger partial charge in [0.15, 0.2) is 5.82 Å². The molecule has 1 aromatic carbocycles. The van der Waals surface area contributed by atoms with Gasteiger partial charge in [0.05, 0.1) is 5.52 Å². The standard InChI is InChI=1S/C10H9N3O/c1-7(14)11-10-6-8-4-2-3-5-9(8)12-13-10/h2-6H,1H3,(H,11,13,14). The second-order valence-electron chi connectivity index (χ2n) is 2.97. The van der Waals surface area contributed by atoms with Crippen molar-refractivity contribution in [2.45, 2.75) is 6.92 Å². The second-order valence-corrected chi connectivity index (χ2v) is 2.97. The summed E-state index contributed by atoms with van der Waals surface area (Å²) in [6.07, 6.45) is 0. The maximum absolute atomic E-state index is 10.8.